The summed E-state index contributed by atoms with van der Waals surface area (Å²) in [6, 6.07) is 9.83. The first-order valence-corrected chi connectivity index (χ1v) is 7.42. The van der Waals surface area contributed by atoms with E-state index in [-0.39, 0.29) is 0 Å². The number of nitrogens with one attached hydrogen (secondary N) is 1. The fourth-order valence-electron chi connectivity index (χ4n) is 2.64. The van der Waals surface area contributed by atoms with Gasteiger partial charge in [0.05, 0.1) is 5.69 Å². The van der Waals surface area contributed by atoms with Crippen LogP contribution in [0.1, 0.15) is 11.3 Å². The van der Waals surface area contributed by atoms with Crippen LogP contribution in [0.5, 0.6) is 0 Å². The first-order valence-electron chi connectivity index (χ1n) is 7.42. The van der Waals surface area contributed by atoms with E-state index < -0.39 is 0 Å². The maximum Gasteiger partial charge on any atom is 0.180 e. The molecule has 0 aliphatic rings. The van der Waals surface area contributed by atoms with Crippen LogP contribution in [0.4, 0.5) is 0 Å². The highest BCUT2D eigenvalue weighted by Gasteiger charge is 2.14. The van der Waals surface area contributed by atoms with Gasteiger partial charge in [-0.3, -0.25) is 4.98 Å². The van der Waals surface area contributed by atoms with Gasteiger partial charge in [0.15, 0.2) is 5.82 Å². The zero-order valence-electron chi connectivity index (χ0n) is 12.9. The number of hydrogen-bond acceptors (Lipinski definition) is 4. The lowest BCUT2D eigenvalue weighted by atomic mass is 10.1. The van der Waals surface area contributed by atoms with Gasteiger partial charge in [-0.1, -0.05) is 6.07 Å². The van der Waals surface area contributed by atoms with Crippen molar-refractivity contribution in [2.24, 2.45) is 0 Å². The monoisotopic (exact) mass is 301 g/mol. The van der Waals surface area contributed by atoms with Gasteiger partial charge in [-0.15, -0.1) is 0 Å². The molecule has 23 heavy (non-hydrogen) atoms. The Hall–Kier alpha value is -3.08. The fourth-order valence-corrected chi connectivity index (χ4v) is 2.64. The Labute approximate surface area is 133 Å². The van der Waals surface area contributed by atoms with Crippen molar-refractivity contribution < 1.29 is 0 Å². The second kappa shape index (κ2) is 5.28. The molecule has 0 aliphatic carbocycles. The van der Waals surface area contributed by atoms with Gasteiger partial charge in [0.2, 0.25) is 0 Å². The van der Waals surface area contributed by atoms with Gasteiger partial charge >= 0.3 is 0 Å². The van der Waals surface area contributed by atoms with Crippen molar-refractivity contribution in [3.05, 3.63) is 60.2 Å². The molecule has 0 aliphatic heterocycles. The van der Waals surface area contributed by atoms with Crippen molar-refractivity contribution in [2.75, 3.05) is 0 Å². The van der Waals surface area contributed by atoms with E-state index in [1.807, 2.05) is 49.6 Å². The van der Waals surface area contributed by atoms with E-state index >= 15 is 0 Å². The van der Waals surface area contributed by atoms with E-state index in [0.717, 1.165) is 39.2 Å². The first-order chi connectivity index (χ1) is 11.2. The number of pyridine rings is 2. The van der Waals surface area contributed by atoms with Crippen molar-refractivity contribution in [3.63, 3.8) is 0 Å². The summed E-state index contributed by atoms with van der Waals surface area (Å²) in [5, 5.41) is 0.984. The SMILES string of the molecule is Cc1cccc(-c2nc(-c3cnccc3C)c3cc[nH]c3n2)n1. The highest BCUT2D eigenvalue weighted by atomic mass is 15.0. The largest absolute Gasteiger partial charge is 0.346 e. The Balaban J connectivity index is 2.01. The fraction of sp³-hybridized carbons (Fsp3) is 0.111. The minimum Gasteiger partial charge on any atom is -0.346 e. The third-order valence-electron chi connectivity index (χ3n) is 3.83. The second-order valence-electron chi connectivity index (χ2n) is 5.49. The number of fused-ring (bicyclic) bond motifs is 1. The lowest BCUT2D eigenvalue weighted by Crippen LogP contribution is -1.97. The maximum absolute atomic E-state index is 4.78. The Morgan fingerprint density at radius 1 is 0.957 bits per heavy atom. The minimum absolute atomic E-state index is 0.613. The molecular weight excluding hydrogens is 286 g/mol. The number of nitrogens with zero attached hydrogens (tertiary/aromatic N) is 4. The summed E-state index contributed by atoms with van der Waals surface area (Å²) in [6.07, 6.45) is 5.51. The Kier molecular flexibility index (Phi) is 3.12. The number of aryl methyl sites for hydroxylation is 2. The van der Waals surface area contributed by atoms with E-state index in [4.69, 9.17) is 4.98 Å². The van der Waals surface area contributed by atoms with Gasteiger partial charge in [-0.05, 0) is 43.7 Å². The third-order valence-corrected chi connectivity index (χ3v) is 3.83. The molecule has 4 heterocycles. The minimum atomic E-state index is 0.613. The predicted octanol–water partition coefficient (Wildman–Crippen LogP) is 3.70. The van der Waals surface area contributed by atoms with Crippen LogP contribution in [-0.2, 0) is 0 Å². The van der Waals surface area contributed by atoms with Crippen LogP contribution in [0.25, 0.3) is 33.8 Å². The number of aromatic nitrogens is 5. The molecule has 0 spiro atoms. The Bertz CT molecular complexity index is 1000. The Morgan fingerprint density at radius 2 is 1.87 bits per heavy atom. The van der Waals surface area contributed by atoms with Gasteiger partial charge in [0, 0.05) is 35.2 Å². The van der Waals surface area contributed by atoms with Gasteiger partial charge in [0.1, 0.15) is 11.3 Å². The molecule has 0 atom stereocenters. The van der Waals surface area contributed by atoms with E-state index in [1.54, 1.807) is 6.20 Å². The van der Waals surface area contributed by atoms with Crippen LogP contribution in [0.15, 0.2) is 48.9 Å². The van der Waals surface area contributed by atoms with Crippen molar-refractivity contribution in [1.29, 1.82) is 0 Å². The summed E-state index contributed by atoms with van der Waals surface area (Å²) >= 11 is 0. The molecule has 0 amide bonds. The quantitative estimate of drug-likeness (QED) is 0.613. The summed E-state index contributed by atoms with van der Waals surface area (Å²) in [7, 11) is 0. The standard InChI is InChI=1S/C18H15N5/c1-11-6-8-19-10-14(11)16-13-7-9-20-17(13)23-18(22-16)15-5-3-4-12(2)21-15/h3-10H,1-2H3,(H,20,22,23). The lowest BCUT2D eigenvalue weighted by molar-refractivity contribution is 1.13. The summed E-state index contributed by atoms with van der Waals surface area (Å²) < 4.78 is 0. The smallest absolute Gasteiger partial charge is 0.180 e. The summed E-state index contributed by atoms with van der Waals surface area (Å²) in [4.78, 5) is 21.4. The molecule has 5 heteroatoms. The average Bonchev–Trinajstić information content (AvgIpc) is 3.03. The van der Waals surface area contributed by atoms with Crippen LogP contribution in [0.3, 0.4) is 0 Å². The van der Waals surface area contributed by atoms with Gasteiger partial charge in [-0.25, -0.2) is 15.0 Å². The normalized spacial score (nSPS) is 11.0. The molecule has 4 rings (SSSR count). The molecule has 0 fully saturated rings. The van der Waals surface area contributed by atoms with Gasteiger partial charge in [0.25, 0.3) is 0 Å². The molecule has 0 unspecified atom stereocenters. The molecule has 4 aromatic heterocycles. The average molecular weight is 301 g/mol. The number of hydrogen-bond donors (Lipinski definition) is 1. The third kappa shape index (κ3) is 2.36. The summed E-state index contributed by atoms with van der Waals surface area (Å²) in [5.41, 5.74) is 5.52. The van der Waals surface area contributed by atoms with E-state index in [1.165, 1.54) is 0 Å². The van der Waals surface area contributed by atoms with Crippen LogP contribution >= 0.6 is 0 Å². The summed E-state index contributed by atoms with van der Waals surface area (Å²) in [5.74, 6) is 0.613. The second-order valence-corrected chi connectivity index (χ2v) is 5.49. The number of H-pyrrole nitrogens is 1. The molecule has 0 saturated carbocycles. The van der Waals surface area contributed by atoms with E-state index in [9.17, 15) is 0 Å². The van der Waals surface area contributed by atoms with Crippen molar-refractivity contribution in [3.8, 4) is 22.8 Å². The molecule has 0 aromatic carbocycles. The lowest BCUT2D eigenvalue weighted by Gasteiger charge is -2.08. The van der Waals surface area contributed by atoms with Gasteiger partial charge < -0.3 is 4.98 Å². The van der Waals surface area contributed by atoms with E-state index in [2.05, 4.69) is 26.9 Å². The first kappa shape index (κ1) is 13.6. The number of rotatable bonds is 2. The van der Waals surface area contributed by atoms with Crippen molar-refractivity contribution in [1.82, 2.24) is 24.9 Å². The molecule has 4 aromatic rings. The van der Waals surface area contributed by atoms with Crippen LogP contribution < -0.4 is 0 Å². The topological polar surface area (TPSA) is 67.3 Å². The van der Waals surface area contributed by atoms with Crippen LogP contribution in [0.2, 0.25) is 0 Å². The van der Waals surface area contributed by atoms with Crippen LogP contribution in [-0.4, -0.2) is 24.9 Å². The zero-order valence-corrected chi connectivity index (χ0v) is 12.9. The molecule has 1 N–H and O–H groups in total. The Morgan fingerprint density at radius 3 is 2.70 bits per heavy atom. The van der Waals surface area contributed by atoms with Crippen molar-refractivity contribution >= 4 is 11.0 Å². The van der Waals surface area contributed by atoms with Crippen LogP contribution in [0, 0.1) is 13.8 Å². The molecule has 0 bridgehead atoms. The number of aromatic amines is 1. The zero-order chi connectivity index (χ0) is 15.8. The molecule has 5 nitrogen and oxygen atoms in total. The summed E-state index contributed by atoms with van der Waals surface area (Å²) in [6.45, 7) is 4.02. The van der Waals surface area contributed by atoms with E-state index in [0.29, 0.717) is 5.82 Å². The van der Waals surface area contributed by atoms with Crippen molar-refractivity contribution in [2.45, 2.75) is 13.8 Å². The highest BCUT2D eigenvalue weighted by Crippen LogP contribution is 2.29. The molecule has 112 valence electrons. The predicted molar refractivity (Wildman–Crippen MR) is 89.8 cm³/mol. The maximum atomic E-state index is 4.78. The molecule has 0 radical (unpaired) electrons. The molecular formula is C18H15N5. The highest BCUT2D eigenvalue weighted by molar-refractivity contribution is 5.92. The van der Waals surface area contributed by atoms with Gasteiger partial charge in [-0.2, -0.15) is 0 Å². The molecule has 0 saturated heterocycles.